The fourth-order valence-electron chi connectivity index (χ4n) is 2.35. The highest BCUT2D eigenvalue weighted by atomic mass is 32.1. The number of H-pyrrole nitrogens is 1. The summed E-state index contributed by atoms with van der Waals surface area (Å²) in [6.45, 7) is 0. The summed E-state index contributed by atoms with van der Waals surface area (Å²) in [5, 5.41) is 8.86. The van der Waals surface area contributed by atoms with Crippen molar-refractivity contribution >= 4 is 18.5 Å². The van der Waals surface area contributed by atoms with Crippen LogP contribution in [0.1, 0.15) is 30.0 Å². The molecule has 0 saturated carbocycles. The van der Waals surface area contributed by atoms with Crippen LogP contribution in [-0.2, 0) is 11.2 Å². The summed E-state index contributed by atoms with van der Waals surface area (Å²) in [5.74, 6) is -1.48. The first-order valence-corrected chi connectivity index (χ1v) is 6.54. The monoisotopic (exact) mass is 293 g/mol. The van der Waals surface area contributed by atoms with Crippen LogP contribution in [0.2, 0.25) is 0 Å². The van der Waals surface area contributed by atoms with Crippen molar-refractivity contribution in [2.75, 3.05) is 5.75 Å². The Balaban J connectivity index is 2.14. The topological polar surface area (TPSA) is 57.8 Å². The van der Waals surface area contributed by atoms with Crippen molar-refractivity contribution in [3.8, 4) is 0 Å². The van der Waals surface area contributed by atoms with Crippen LogP contribution in [0.4, 0.5) is 13.2 Å². The van der Waals surface area contributed by atoms with Gasteiger partial charge in [0.15, 0.2) is 0 Å². The summed E-state index contributed by atoms with van der Waals surface area (Å²) in [4.78, 5) is 11.5. The van der Waals surface area contributed by atoms with E-state index in [-0.39, 0.29) is 24.3 Å². The molecule has 2 unspecified atom stereocenters. The Kier molecular flexibility index (Phi) is 4.07. The van der Waals surface area contributed by atoms with E-state index in [0.717, 1.165) is 0 Å². The van der Waals surface area contributed by atoms with E-state index in [1.807, 2.05) is 0 Å². The molecule has 1 aromatic heterocycles. The van der Waals surface area contributed by atoms with Crippen molar-refractivity contribution in [1.82, 2.24) is 15.5 Å². The molecule has 1 heterocycles. The van der Waals surface area contributed by atoms with Crippen LogP contribution in [0.5, 0.6) is 0 Å². The summed E-state index contributed by atoms with van der Waals surface area (Å²) in [6, 6.07) is -0.521. The van der Waals surface area contributed by atoms with Gasteiger partial charge in [0.2, 0.25) is 5.91 Å². The Morgan fingerprint density at radius 3 is 2.95 bits per heavy atom. The van der Waals surface area contributed by atoms with Gasteiger partial charge in [0.05, 0.1) is 12.1 Å². The van der Waals surface area contributed by atoms with Crippen LogP contribution >= 0.6 is 12.6 Å². The average Bonchev–Trinajstić information content (AvgIpc) is 2.74. The fourth-order valence-corrected chi connectivity index (χ4v) is 2.55. The number of hydrogen-bond donors (Lipinski definition) is 3. The van der Waals surface area contributed by atoms with E-state index < -0.39 is 18.1 Å². The van der Waals surface area contributed by atoms with Gasteiger partial charge in [-0.25, -0.2) is 0 Å². The van der Waals surface area contributed by atoms with Gasteiger partial charge in [0.1, 0.15) is 0 Å². The second kappa shape index (κ2) is 5.44. The minimum Gasteiger partial charge on any atom is -0.353 e. The molecule has 1 aliphatic carbocycles. The lowest BCUT2D eigenvalue weighted by Gasteiger charge is -2.30. The van der Waals surface area contributed by atoms with Gasteiger partial charge in [0.25, 0.3) is 0 Å². The Hall–Kier alpha value is -1.18. The lowest BCUT2D eigenvalue weighted by molar-refractivity contribution is -0.155. The number of rotatable bonds is 3. The maximum absolute atomic E-state index is 13.0. The van der Waals surface area contributed by atoms with Crippen molar-refractivity contribution in [2.24, 2.45) is 0 Å². The standard InChI is InChI=1S/C11H14F3N3OS/c12-11(13,14)8-3-6(16-10(18)1-2-19)4-9-7(8)5-15-17-9/h5-6,8,19H,1-4H2,(H,15,17)(H,16,18). The summed E-state index contributed by atoms with van der Waals surface area (Å²) in [7, 11) is 0. The zero-order chi connectivity index (χ0) is 14.0. The van der Waals surface area contributed by atoms with E-state index >= 15 is 0 Å². The molecule has 0 fully saturated rings. The molecular weight excluding hydrogens is 279 g/mol. The molecule has 1 amide bonds. The zero-order valence-corrected chi connectivity index (χ0v) is 10.9. The molecule has 1 aromatic rings. The van der Waals surface area contributed by atoms with Crippen molar-refractivity contribution in [3.63, 3.8) is 0 Å². The maximum Gasteiger partial charge on any atom is 0.395 e. The predicted molar refractivity (Wildman–Crippen MR) is 66.1 cm³/mol. The van der Waals surface area contributed by atoms with Gasteiger partial charge in [-0.05, 0) is 12.2 Å². The van der Waals surface area contributed by atoms with Crippen LogP contribution in [0.3, 0.4) is 0 Å². The van der Waals surface area contributed by atoms with Crippen LogP contribution in [0.15, 0.2) is 6.20 Å². The molecule has 2 rings (SSSR count). The number of nitrogens with zero attached hydrogens (tertiary/aromatic N) is 1. The average molecular weight is 293 g/mol. The van der Waals surface area contributed by atoms with E-state index in [1.54, 1.807) is 0 Å². The molecule has 1 aliphatic rings. The molecule has 2 N–H and O–H groups in total. The first kappa shape index (κ1) is 14.2. The molecule has 4 nitrogen and oxygen atoms in total. The van der Waals surface area contributed by atoms with Crippen LogP contribution in [0.25, 0.3) is 0 Å². The number of carbonyl (C=O) groups is 1. The number of amides is 1. The molecule has 0 bridgehead atoms. The number of halogens is 3. The van der Waals surface area contributed by atoms with Gasteiger partial charge in [-0.3, -0.25) is 9.89 Å². The minimum atomic E-state index is -4.33. The Bertz CT molecular complexity index is 460. The van der Waals surface area contributed by atoms with Gasteiger partial charge < -0.3 is 5.32 Å². The van der Waals surface area contributed by atoms with E-state index in [4.69, 9.17) is 0 Å². The molecule has 0 saturated heterocycles. The van der Waals surface area contributed by atoms with Crippen LogP contribution in [-0.4, -0.2) is 34.1 Å². The number of hydrogen-bond acceptors (Lipinski definition) is 3. The van der Waals surface area contributed by atoms with Gasteiger partial charge in [-0.2, -0.15) is 30.9 Å². The van der Waals surface area contributed by atoms with Gasteiger partial charge in [0, 0.05) is 30.1 Å². The predicted octanol–water partition coefficient (Wildman–Crippen LogP) is 1.81. The first-order chi connectivity index (χ1) is 8.91. The highest BCUT2D eigenvalue weighted by molar-refractivity contribution is 7.80. The van der Waals surface area contributed by atoms with E-state index in [2.05, 4.69) is 28.1 Å². The molecule has 8 heteroatoms. The molecule has 0 aliphatic heterocycles. The second-order valence-corrected chi connectivity index (χ2v) is 5.02. The summed E-state index contributed by atoms with van der Waals surface area (Å²) < 4.78 is 39.0. The van der Waals surface area contributed by atoms with Crippen molar-refractivity contribution < 1.29 is 18.0 Å². The Labute approximate surface area is 113 Å². The number of thiol groups is 1. The van der Waals surface area contributed by atoms with Crippen molar-refractivity contribution in [3.05, 3.63) is 17.5 Å². The molecule has 0 spiro atoms. The lowest BCUT2D eigenvalue weighted by Crippen LogP contribution is -2.42. The number of nitrogens with one attached hydrogen (secondary N) is 2. The quantitative estimate of drug-likeness (QED) is 0.744. The number of aromatic nitrogens is 2. The third-order valence-corrected chi connectivity index (χ3v) is 3.42. The van der Waals surface area contributed by atoms with Crippen molar-refractivity contribution in [2.45, 2.75) is 37.4 Å². The fraction of sp³-hybridized carbons (Fsp3) is 0.636. The van der Waals surface area contributed by atoms with Gasteiger partial charge in [-0.15, -0.1) is 0 Å². The smallest absolute Gasteiger partial charge is 0.353 e. The third-order valence-electron chi connectivity index (χ3n) is 3.20. The Morgan fingerprint density at radius 1 is 1.58 bits per heavy atom. The van der Waals surface area contributed by atoms with E-state index in [0.29, 0.717) is 17.9 Å². The molecule has 2 atom stereocenters. The minimum absolute atomic E-state index is 0.144. The summed E-state index contributed by atoms with van der Waals surface area (Å²) >= 11 is 3.92. The molecular formula is C11H14F3N3OS. The molecule has 106 valence electrons. The van der Waals surface area contributed by atoms with Crippen molar-refractivity contribution in [1.29, 1.82) is 0 Å². The molecule has 0 aromatic carbocycles. The Morgan fingerprint density at radius 2 is 2.32 bits per heavy atom. The zero-order valence-electron chi connectivity index (χ0n) is 10.00. The second-order valence-electron chi connectivity index (χ2n) is 4.58. The van der Waals surface area contributed by atoms with Gasteiger partial charge >= 0.3 is 6.18 Å². The summed E-state index contributed by atoms with van der Waals surface area (Å²) in [6.07, 6.45) is -2.70. The van der Waals surface area contributed by atoms with Crippen LogP contribution < -0.4 is 5.32 Å². The lowest BCUT2D eigenvalue weighted by atomic mass is 9.83. The van der Waals surface area contributed by atoms with E-state index in [1.165, 1.54) is 6.20 Å². The number of carbonyl (C=O) groups excluding carboxylic acids is 1. The maximum atomic E-state index is 13.0. The first-order valence-electron chi connectivity index (χ1n) is 5.91. The third kappa shape index (κ3) is 3.23. The highest BCUT2D eigenvalue weighted by Gasteiger charge is 2.46. The highest BCUT2D eigenvalue weighted by Crippen LogP contribution is 2.42. The normalized spacial score (nSPS) is 22.9. The van der Waals surface area contributed by atoms with Crippen LogP contribution in [0, 0.1) is 0 Å². The van der Waals surface area contributed by atoms with E-state index in [9.17, 15) is 18.0 Å². The summed E-state index contributed by atoms with van der Waals surface area (Å²) in [5.41, 5.74) is 0.636. The number of alkyl halides is 3. The number of aromatic amines is 1. The number of fused-ring (bicyclic) bond motifs is 1. The van der Waals surface area contributed by atoms with Gasteiger partial charge in [-0.1, -0.05) is 0 Å². The molecule has 0 radical (unpaired) electrons. The SMILES string of the molecule is O=C(CCS)NC1Cc2[nH]ncc2C(C(F)(F)F)C1. The largest absolute Gasteiger partial charge is 0.395 e. The molecule has 19 heavy (non-hydrogen) atoms.